The normalized spacial score (nSPS) is 21.4. The van der Waals surface area contributed by atoms with Crippen LogP contribution in [-0.2, 0) is 15.6 Å². The summed E-state index contributed by atoms with van der Waals surface area (Å²) < 4.78 is 33.7. The van der Waals surface area contributed by atoms with Gasteiger partial charge < -0.3 is 4.74 Å². The Morgan fingerprint density at radius 1 is 1.25 bits per heavy atom. The van der Waals surface area contributed by atoms with Gasteiger partial charge in [-0.1, -0.05) is 41.1 Å². The van der Waals surface area contributed by atoms with Crippen LogP contribution in [0.4, 0.5) is 5.69 Å². The van der Waals surface area contributed by atoms with Crippen LogP contribution in [0.25, 0.3) is 0 Å². The van der Waals surface area contributed by atoms with Crippen LogP contribution in [0.1, 0.15) is 25.3 Å². The molecule has 1 heterocycles. The smallest absolute Gasteiger partial charge is 0.270 e. The lowest BCUT2D eigenvalue weighted by molar-refractivity contribution is -0.385. The van der Waals surface area contributed by atoms with Crippen molar-refractivity contribution in [1.82, 2.24) is 4.31 Å². The summed E-state index contributed by atoms with van der Waals surface area (Å²) in [5.74, 6) is 0.687. The molecule has 2 aromatic rings. The van der Waals surface area contributed by atoms with Crippen LogP contribution in [0.2, 0.25) is 0 Å². The number of sulfonamides is 1. The van der Waals surface area contributed by atoms with Crippen LogP contribution in [-0.4, -0.2) is 36.1 Å². The first-order chi connectivity index (χ1) is 13.2. The van der Waals surface area contributed by atoms with Crippen molar-refractivity contribution in [2.75, 3.05) is 13.7 Å². The van der Waals surface area contributed by atoms with Crippen molar-refractivity contribution in [2.24, 2.45) is 0 Å². The molecule has 2 atom stereocenters. The number of non-ortho nitro benzene ring substituents is 1. The van der Waals surface area contributed by atoms with Gasteiger partial charge in [-0.05, 0) is 36.6 Å². The quantitative estimate of drug-likeness (QED) is 0.362. The third-order valence-corrected chi connectivity index (χ3v) is 7.92. The summed E-state index contributed by atoms with van der Waals surface area (Å²) in [5, 5.41) is 11.1. The molecular weight excluding hydrogens is 448 g/mol. The highest BCUT2D eigenvalue weighted by molar-refractivity contribution is 9.09. The molecular formula is C19H21BrN2O5S. The van der Waals surface area contributed by atoms with Crippen molar-refractivity contribution < 1.29 is 18.1 Å². The Balaban J connectivity index is 2.12. The number of benzene rings is 2. The van der Waals surface area contributed by atoms with Gasteiger partial charge in [0.25, 0.3) is 5.69 Å². The topological polar surface area (TPSA) is 89.8 Å². The Morgan fingerprint density at radius 2 is 1.93 bits per heavy atom. The number of nitro groups is 1. The first-order valence-corrected chi connectivity index (χ1v) is 11.1. The van der Waals surface area contributed by atoms with Crippen molar-refractivity contribution >= 4 is 31.6 Å². The van der Waals surface area contributed by atoms with Crippen LogP contribution in [0.15, 0.2) is 53.4 Å². The zero-order valence-corrected chi connectivity index (χ0v) is 17.9. The highest BCUT2D eigenvalue weighted by Crippen LogP contribution is 2.47. The van der Waals surface area contributed by atoms with Crippen LogP contribution in [0.5, 0.6) is 5.75 Å². The summed E-state index contributed by atoms with van der Waals surface area (Å²) in [6, 6.07) is 12.6. The molecule has 1 fully saturated rings. The Hall–Kier alpha value is -1.97. The molecule has 0 amide bonds. The van der Waals surface area contributed by atoms with Crippen molar-refractivity contribution in [2.45, 2.75) is 35.0 Å². The second kappa shape index (κ2) is 7.81. The number of nitro benzene ring substituents is 1. The third kappa shape index (κ3) is 3.42. The lowest BCUT2D eigenvalue weighted by Gasteiger charge is -2.40. The zero-order chi connectivity index (χ0) is 20.5. The summed E-state index contributed by atoms with van der Waals surface area (Å²) in [7, 11) is -2.37. The van der Waals surface area contributed by atoms with Gasteiger partial charge in [-0.3, -0.25) is 10.1 Å². The predicted molar refractivity (Wildman–Crippen MR) is 109 cm³/mol. The van der Waals surface area contributed by atoms with E-state index in [0.717, 1.165) is 11.6 Å². The van der Waals surface area contributed by atoms with Crippen molar-refractivity contribution in [3.63, 3.8) is 0 Å². The molecule has 0 bridgehead atoms. The van der Waals surface area contributed by atoms with Gasteiger partial charge in [0, 0.05) is 23.5 Å². The van der Waals surface area contributed by atoms with Crippen LogP contribution >= 0.6 is 15.9 Å². The van der Waals surface area contributed by atoms with E-state index in [4.69, 9.17) is 4.74 Å². The minimum atomic E-state index is -3.94. The molecule has 0 spiro atoms. The Kier molecular flexibility index (Phi) is 5.79. The van der Waals surface area contributed by atoms with E-state index in [-0.39, 0.29) is 15.4 Å². The van der Waals surface area contributed by atoms with E-state index in [1.165, 1.54) is 22.5 Å². The van der Waals surface area contributed by atoms with E-state index >= 15 is 0 Å². The van der Waals surface area contributed by atoms with Crippen LogP contribution in [0, 0.1) is 10.1 Å². The van der Waals surface area contributed by atoms with E-state index in [1.807, 2.05) is 31.2 Å². The maximum absolute atomic E-state index is 13.5. The summed E-state index contributed by atoms with van der Waals surface area (Å²) in [5.41, 5.74) is -0.193. The van der Waals surface area contributed by atoms with Gasteiger partial charge in [-0.25, -0.2) is 8.42 Å². The first-order valence-electron chi connectivity index (χ1n) is 8.79. The Labute approximate surface area is 172 Å². The van der Waals surface area contributed by atoms with Gasteiger partial charge in [0.1, 0.15) is 5.75 Å². The fraction of sp³-hybridized carbons (Fsp3) is 0.368. The molecule has 1 saturated heterocycles. The number of halogens is 1. The molecule has 0 aromatic heterocycles. The maximum atomic E-state index is 13.5. The molecule has 2 aromatic carbocycles. The molecule has 9 heteroatoms. The average molecular weight is 469 g/mol. The standard InChI is InChI=1S/C19H21BrN2O5S/c1-14(20)19(15-7-9-17(27-2)10-8-15)11-4-12-21(19)28(25,26)18-6-3-5-16(13-18)22(23)24/h3,5-10,13-14H,4,11-12H2,1-2H3/t14-,19+/m0/s1. The van der Waals surface area contributed by atoms with Gasteiger partial charge in [-0.15, -0.1) is 0 Å². The van der Waals surface area contributed by atoms with E-state index in [0.29, 0.717) is 25.1 Å². The summed E-state index contributed by atoms with van der Waals surface area (Å²) in [6.45, 7) is 2.26. The fourth-order valence-corrected chi connectivity index (χ4v) is 6.63. The molecule has 150 valence electrons. The van der Waals surface area contributed by atoms with E-state index in [9.17, 15) is 18.5 Å². The number of hydrogen-bond acceptors (Lipinski definition) is 5. The number of nitrogens with zero attached hydrogens (tertiary/aromatic N) is 2. The molecule has 1 aliphatic rings. The van der Waals surface area contributed by atoms with Gasteiger partial charge in [0.2, 0.25) is 10.0 Å². The van der Waals surface area contributed by atoms with E-state index in [1.54, 1.807) is 7.11 Å². The highest BCUT2D eigenvalue weighted by Gasteiger charge is 2.51. The zero-order valence-electron chi connectivity index (χ0n) is 15.5. The van der Waals surface area contributed by atoms with Crippen LogP contribution < -0.4 is 4.74 Å². The molecule has 0 unspecified atom stereocenters. The Bertz CT molecular complexity index is 978. The maximum Gasteiger partial charge on any atom is 0.270 e. The van der Waals surface area contributed by atoms with Crippen molar-refractivity contribution in [3.05, 3.63) is 64.2 Å². The molecule has 0 saturated carbocycles. The van der Waals surface area contributed by atoms with Crippen LogP contribution in [0.3, 0.4) is 0 Å². The summed E-state index contributed by atoms with van der Waals surface area (Å²) in [6.07, 6.45) is 1.33. The molecule has 0 aliphatic carbocycles. The monoisotopic (exact) mass is 468 g/mol. The number of rotatable bonds is 6. The van der Waals surface area contributed by atoms with Crippen molar-refractivity contribution in [1.29, 1.82) is 0 Å². The second-order valence-electron chi connectivity index (χ2n) is 6.70. The van der Waals surface area contributed by atoms with E-state index < -0.39 is 20.5 Å². The van der Waals surface area contributed by atoms with Gasteiger partial charge in [0.15, 0.2) is 0 Å². The SMILES string of the molecule is COc1ccc([C@]2([C@H](C)Br)CCCN2S(=O)(=O)c2cccc([N+](=O)[O-])c2)cc1. The lowest BCUT2D eigenvalue weighted by Crippen LogP contribution is -2.49. The summed E-state index contributed by atoms with van der Waals surface area (Å²) >= 11 is 3.63. The molecule has 3 rings (SSSR count). The van der Waals surface area contributed by atoms with E-state index in [2.05, 4.69) is 15.9 Å². The number of methoxy groups -OCH3 is 1. The lowest BCUT2D eigenvalue weighted by atomic mass is 9.86. The molecule has 1 aliphatic heterocycles. The minimum absolute atomic E-state index is 0.0744. The first kappa shape index (κ1) is 20.8. The summed E-state index contributed by atoms with van der Waals surface area (Å²) in [4.78, 5) is 10.3. The predicted octanol–water partition coefficient (Wildman–Crippen LogP) is 4.07. The average Bonchev–Trinajstić information content (AvgIpc) is 3.15. The van der Waals surface area contributed by atoms with Gasteiger partial charge in [0.05, 0.1) is 22.5 Å². The number of hydrogen-bond donors (Lipinski definition) is 0. The number of alkyl halides is 1. The fourth-order valence-electron chi connectivity index (χ4n) is 3.83. The molecule has 7 nitrogen and oxygen atoms in total. The molecule has 0 N–H and O–H groups in total. The minimum Gasteiger partial charge on any atom is -0.497 e. The Morgan fingerprint density at radius 3 is 2.50 bits per heavy atom. The molecule has 28 heavy (non-hydrogen) atoms. The molecule has 0 radical (unpaired) electrons. The van der Waals surface area contributed by atoms with Crippen molar-refractivity contribution in [3.8, 4) is 5.75 Å². The third-order valence-electron chi connectivity index (χ3n) is 5.23. The second-order valence-corrected chi connectivity index (χ2v) is 9.94. The number of ether oxygens (including phenoxy) is 1. The highest BCUT2D eigenvalue weighted by atomic mass is 79.9. The van der Waals surface area contributed by atoms with Gasteiger partial charge in [-0.2, -0.15) is 4.31 Å². The largest absolute Gasteiger partial charge is 0.497 e. The van der Waals surface area contributed by atoms with Gasteiger partial charge >= 0.3 is 0 Å².